The van der Waals surface area contributed by atoms with Gasteiger partial charge >= 0.3 is 0 Å². The third-order valence-corrected chi connectivity index (χ3v) is 5.35. The Hall–Kier alpha value is -3.29. The summed E-state index contributed by atoms with van der Waals surface area (Å²) in [4.78, 5) is 27.1. The minimum absolute atomic E-state index is 0.0163. The molecule has 2 heterocycles. The van der Waals surface area contributed by atoms with Gasteiger partial charge in [-0.3, -0.25) is 14.3 Å². The van der Waals surface area contributed by atoms with Gasteiger partial charge in [-0.2, -0.15) is 5.10 Å². The molecule has 0 radical (unpaired) electrons. The van der Waals surface area contributed by atoms with Crippen LogP contribution < -0.4 is 9.47 Å². The zero-order valence-electron chi connectivity index (χ0n) is 17.4. The molecule has 8 heteroatoms. The second-order valence-corrected chi connectivity index (χ2v) is 6.84. The van der Waals surface area contributed by atoms with Crippen LogP contribution in [-0.2, 0) is 16.6 Å². The normalized spacial score (nSPS) is 18.4. The summed E-state index contributed by atoms with van der Waals surface area (Å²) in [6.07, 6.45) is 0. The molecule has 0 aliphatic carbocycles. The lowest BCUT2D eigenvalue weighted by Gasteiger charge is -2.26. The summed E-state index contributed by atoms with van der Waals surface area (Å²) in [6, 6.07) is 4.45. The number of hydrogen-bond donors (Lipinski definition) is 1. The van der Waals surface area contributed by atoms with Crippen LogP contribution in [0.15, 0.2) is 23.8 Å². The molecular formula is C21H25N3O5. The van der Waals surface area contributed by atoms with Crippen LogP contribution in [-0.4, -0.2) is 52.2 Å². The number of nitrogens with zero attached hydrogens (tertiary/aromatic N) is 3. The van der Waals surface area contributed by atoms with Crippen LogP contribution in [0.1, 0.15) is 35.5 Å². The average molecular weight is 399 g/mol. The van der Waals surface area contributed by atoms with Crippen molar-refractivity contribution in [1.29, 1.82) is 0 Å². The van der Waals surface area contributed by atoms with E-state index in [1.807, 2.05) is 0 Å². The fourth-order valence-electron chi connectivity index (χ4n) is 3.91. The molecule has 2 aromatic rings. The number of aromatic nitrogens is 2. The number of carbonyl (C=O) groups excluding carboxylic acids is 2. The highest BCUT2D eigenvalue weighted by molar-refractivity contribution is 6.46. The number of likely N-dealkylation sites (tertiary alicyclic amines) is 1. The monoisotopic (exact) mass is 399 g/mol. The Balaban J connectivity index is 2.33. The van der Waals surface area contributed by atoms with Crippen molar-refractivity contribution in [3.63, 3.8) is 0 Å². The zero-order chi connectivity index (χ0) is 21.5. The van der Waals surface area contributed by atoms with Crippen LogP contribution in [0, 0.1) is 13.8 Å². The van der Waals surface area contributed by atoms with Crippen LogP contribution in [0.2, 0.25) is 0 Å². The van der Waals surface area contributed by atoms with E-state index in [4.69, 9.17) is 9.47 Å². The predicted molar refractivity (Wildman–Crippen MR) is 107 cm³/mol. The average Bonchev–Trinajstić information content (AvgIpc) is 3.11. The van der Waals surface area contributed by atoms with Gasteiger partial charge in [-0.25, -0.2) is 0 Å². The van der Waals surface area contributed by atoms with Crippen molar-refractivity contribution < 1.29 is 24.2 Å². The number of likely N-dealkylation sites (N-methyl/N-ethyl adjacent to an activating group) is 1. The standard InChI is InChI=1S/C21H25N3O5/c1-7-24-17(13-9-8-10-14(28-5)20(13)29-6)16(19(26)21(24)27)18(25)15-11(2)22-23(4)12(15)3/h8-10,17,25H,7H2,1-6H3/b18-16+. The van der Waals surface area contributed by atoms with Crippen molar-refractivity contribution in [2.45, 2.75) is 26.8 Å². The first-order valence-corrected chi connectivity index (χ1v) is 9.28. The molecule has 3 rings (SSSR count). The number of para-hydroxylation sites is 1. The molecule has 29 heavy (non-hydrogen) atoms. The van der Waals surface area contributed by atoms with Gasteiger partial charge in [0.05, 0.1) is 37.1 Å². The quantitative estimate of drug-likeness (QED) is 0.472. The number of benzene rings is 1. The number of methoxy groups -OCH3 is 2. The molecule has 0 spiro atoms. The van der Waals surface area contributed by atoms with E-state index in [0.29, 0.717) is 34.0 Å². The maximum Gasteiger partial charge on any atom is 0.295 e. The smallest absolute Gasteiger partial charge is 0.295 e. The third-order valence-electron chi connectivity index (χ3n) is 5.35. The molecule has 1 fully saturated rings. The molecule has 1 aromatic carbocycles. The number of aliphatic hydroxyl groups is 1. The molecule has 154 valence electrons. The number of aryl methyl sites for hydroxylation is 2. The van der Waals surface area contributed by atoms with Crippen molar-refractivity contribution in [2.24, 2.45) is 7.05 Å². The molecule has 0 saturated carbocycles. The Morgan fingerprint density at radius 1 is 1.21 bits per heavy atom. The van der Waals surface area contributed by atoms with Crippen molar-refractivity contribution >= 4 is 17.4 Å². The van der Waals surface area contributed by atoms with Gasteiger partial charge in [0, 0.05) is 24.8 Å². The van der Waals surface area contributed by atoms with E-state index >= 15 is 0 Å². The first kappa shape index (κ1) is 20.4. The van der Waals surface area contributed by atoms with Gasteiger partial charge in [-0.15, -0.1) is 0 Å². The maximum absolute atomic E-state index is 12.9. The molecule has 8 nitrogen and oxygen atoms in total. The Labute approximate surface area is 169 Å². The Bertz CT molecular complexity index is 1020. The summed E-state index contributed by atoms with van der Waals surface area (Å²) < 4.78 is 12.5. The topological polar surface area (TPSA) is 93.9 Å². The van der Waals surface area contributed by atoms with Gasteiger partial charge in [0.1, 0.15) is 5.76 Å². The van der Waals surface area contributed by atoms with E-state index in [9.17, 15) is 14.7 Å². The summed E-state index contributed by atoms with van der Waals surface area (Å²) in [5, 5.41) is 15.5. The van der Waals surface area contributed by atoms with Crippen LogP contribution >= 0.6 is 0 Å². The second kappa shape index (κ2) is 7.62. The van der Waals surface area contributed by atoms with Gasteiger partial charge < -0.3 is 19.5 Å². The van der Waals surface area contributed by atoms with Crippen LogP contribution in [0.4, 0.5) is 0 Å². The number of ether oxygens (including phenoxy) is 2. The van der Waals surface area contributed by atoms with E-state index in [1.165, 1.54) is 19.1 Å². The molecule has 1 unspecified atom stereocenters. The van der Waals surface area contributed by atoms with Crippen molar-refractivity contribution in [1.82, 2.24) is 14.7 Å². The first-order valence-electron chi connectivity index (χ1n) is 9.28. The fourth-order valence-corrected chi connectivity index (χ4v) is 3.91. The number of ketones is 1. The highest BCUT2D eigenvalue weighted by Crippen LogP contribution is 2.45. The summed E-state index contributed by atoms with van der Waals surface area (Å²) in [6.45, 7) is 5.62. The minimum Gasteiger partial charge on any atom is -0.507 e. The summed E-state index contributed by atoms with van der Waals surface area (Å²) in [5.74, 6) is -0.756. The molecule has 1 saturated heterocycles. The fraction of sp³-hybridized carbons (Fsp3) is 0.381. The van der Waals surface area contributed by atoms with E-state index < -0.39 is 17.7 Å². The van der Waals surface area contributed by atoms with Gasteiger partial charge in [0.25, 0.3) is 11.7 Å². The third kappa shape index (κ3) is 3.04. The summed E-state index contributed by atoms with van der Waals surface area (Å²) >= 11 is 0. The molecule has 1 aliphatic heterocycles. The molecular weight excluding hydrogens is 374 g/mol. The van der Waals surface area contributed by atoms with Gasteiger partial charge in [-0.1, -0.05) is 12.1 Å². The highest BCUT2D eigenvalue weighted by atomic mass is 16.5. The number of aliphatic hydroxyl groups excluding tert-OH is 1. The minimum atomic E-state index is -0.802. The predicted octanol–water partition coefficient (Wildman–Crippen LogP) is 2.50. The molecule has 1 amide bonds. The Morgan fingerprint density at radius 3 is 2.41 bits per heavy atom. The van der Waals surface area contributed by atoms with Crippen molar-refractivity contribution in [2.75, 3.05) is 20.8 Å². The van der Waals surface area contributed by atoms with Crippen LogP contribution in [0.3, 0.4) is 0 Å². The van der Waals surface area contributed by atoms with E-state index in [0.717, 1.165) is 0 Å². The summed E-state index contributed by atoms with van der Waals surface area (Å²) in [5.41, 5.74) is 2.30. The lowest BCUT2D eigenvalue weighted by Crippen LogP contribution is -2.29. The van der Waals surface area contributed by atoms with E-state index in [-0.39, 0.29) is 17.9 Å². The maximum atomic E-state index is 12.9. The van der Waals surface area contributed by atoms with Gasteiger partial charge in [0.2, 0.25) is 0 Å². The van der Waals surface area contributed by atoms with Crippen molar-refractivity contribution in [3.8, 4) is 11.5 Å². The van der Waals surface area contributed by atoms with E-state index in [1.54, 1.807) is 50.7 Å². The van der Waals surface area contributed by atoms with Crippen molar-refractivity contribution in [3.05, 3.63) is 46.3 Å². The van der Waals surface area contributed by atoms with Gasteiger partial charge in [-0.05, 0) is 26.8 Å². The highest BCUT2D eigenvalue weighted by Gasteiger charge is 2.47. The molecule has 1 aromatic heterocycles. The number of amides is 1. The summed E-state index contributed by atoms with van der Waals surface area (Å²) in [7, 11) is 4.77. The van der Waals surface area contributed by atoms with Gasteiger partial charge in [0.15, 0.2) is 11.5 Å². The zero-order valence-corrected chi connectivity index (χ0v) is 17.4. The number of carbonyl (C=O) groups is 2. The molecule has 1 N–H and O–H groups in total. The van der Waals surface area contributed by atoms with Crippen LogP contribution in [0.25, 0.3) is 5.76 Å². The molecule has 0 bridgehead atoms. The molecule has 1 aliphatic rings. The Kier molecular flexibility index (Phi) is 5.37. The second-order valence-electron chi connectivity index (χ2n) is 6.84. The van der Waals surface area contributed by atoms with E-state index in [2.05, 4.69) is 5.10 Å². The Morgan fingerprint density at radius 2 is 1.90 bits per heavy atom. The lowest BCUT2D eigenvalue weighted by atomic mass is 9.94. The SMILES string of the molecule is CCN1C(=O)C(=O)/C(=C(/O)c2c(C)nn(C)c2C)C1c1cccc(OC)c1OC. The number of hydrogen-bond acceptors (Lipinski definition) is 6. The largest absolute Gasteiger partial charge is 0.507 e. The first-order chi connectivity index (χ1) is 13.8. The number of Topliss-reactive ketones (excluding diaryl/α,β-unsaturated/α-hetero) is 1. The van der Waals surface area contributed by atoms with Crippen LogP contribution in [0.5, 0.6) is 11.5 Å². The lowest BCUT2D eigenvalue weighted by molar-refractivity contribution is -0.139. The molecule has 1 atom stereocenters. The number of rotatable bonds is 5.